The van der Waals surface area contributed by atoms with Gasteiger partial charge >= 0.3 is 0 Å². The zero-order valence-corrected chi connectivity index (χ0v) is 25.0. The summed E-state index contributed by atoms with van der Waals surface area (Å²) < 4.78 is 5.29. The Labute approximate surface area is 244 Å². The van der Waals surface area contributed by atoms with Crippen LogP contribution in [0.15, 0.2) is 48.5 Å². The van der Waals surface area contributed by atoms with Gasteiger partial charge in [0, 0.05) is 26.2 Å². The van der Waals surface area contributed by atoms with E-state index in [-0.39, 0.29) is 29.7 Å². The Morgan fingerprint density at radius 1 is 1.02 bits per heavy atom. The molecule has 0 aromatic heterocycles. The highest BCUT2D eigenvalue weighted by Gasteiger charge is 2.40. The number of benzene rings is 2. The van der Waals surface area contributed by atoms with E-state index in [0.717, 1.165) is 36.1 Å². The number of hydrogen-bond acceptors (Lipinski definition) is 6. The topological polar surface area (TPSA) is 103 Å². The van der Waals surface area contributed by atoms with Crippen molar-refractivity contribution < 1.29 is 19.1 Å². The fraction of sp³-hybridized carbons (Fsp3) is 0.531. The average molecular weight is 564 g/mol. The lowest BCUT2D eigenvalue weighted by molar-refractivity contribution is -0.148. The molecule has 2 aliphatic rings. The maximum absolute atomic E-state index is 14.0. The number of hydrogen-bond donors (Lipinski definition) is 3. The molecule has 1 heterocycles. The van der Waals surface area contributed by atoms with Gasteiger partial charge in [-0.15, -0.1) is 0 Å². The predicted octanol–water partition coefficient (Wildman–Crippen LogP) is 2.65. The molecule has 3 amide bonds. The van der Waals surface area contributed by atoms with E-state index in [1.165, 1.54) is 5.56 Å². The van der Waals surface area contributed by atoms with Crippen molar-refractivity contribution >= 4 is 17.7 Å². The standard InChI is InChI=1S/C32H45N5O4/c1-21(2)29(35-30(38)22(3)33-4)32(40)37-18-17-36(19-23-13-15-25(41-5)16-14-23)20-28(37)31(39)34-27-12-8-10-24-9-6-7-11-26(24)27/h6-7,9,11,13-16,21-22,27-29,33H,8,10,12,17-20H2,1-5H3,(H,34,39)(H,35,38)/t22-,27?,28-,29-/m0/s1. The number of aryl methyl sites for hydroxylation is 1. The molecule has 9 nitrogen and oxygen atoms in total. The summed E-state index contributed by atoms with van der Waals surface area (Å²) in [5, 5.41) is 9.15. The Bertz CT molecular complexity index is 1200. The van der Waals surface area contributed by atoms with Crippen LogP contribution in [0.4, 0.5) is 0 Å². The molecule has 41 heavy (non-hydrogen) atoms. The van der Waals surface area contributed by atoms with Gasteiger partial charge < -0.3 is 25.6 Å². The number of ether oxygens (including phenoxy) is 1. The van der Waals surface area contributed by atoms with Gasteiger partial charge in [-0.2, -0.15) is 0 Å². The minimum atomic E-state index is -0.725. The molecule has 2 aromatic rings. The summed E-state index contributed by atoms with van der Waals surface area (Å²) in [4.78, 5) is 44.6. The summed E-state index contributed by atoms with van der Waals surface area (Å²) in [6.07, 6.45) is 2.88. The summed E-state index contributed by atoms with van der Waals surface area (Å²) in [7, 11) is 3.35. The molecule has 9 heteroatoms. The van der Waals surface area contributed by atoms with Gasteiger partial charge in [-0.3, -0.25) is 19.3 Å². The SMILES string of the molecule is CN[C@@H](C)C(=O)N[C@H](C(=O)N1CCN(Cc2ccc(OC)cc2)C[C@H]1C(=O)NC1CCCc2ccccc21)C(C)C. The molecule has 222 valence electrons. The van der Waals surface area contributed by atoms with E-state index in [1.54, 1.807) is 26.0 Å². The number of fused-ring (bicyclic) bond motifs is 1. The molecule has 0 radical (unpaired) electrons. The molecular weight excluding hydrogens is 518 g/mol. The monoisotopic (exact) mass is 563 g/mol. The van der Waals surface area contributed by atoms with Crippen LogP contribution in [-0.4, -0.2) is 79.4 Å². The molecule has 4 rings (SSSR count). The van der Waals surface area contributed by atoms with Gasteiger partial charge in [0.15, 0.2) is 0 Å². The zero-order valence-electron chi connectivity index (χ0n) is 25.0. The number of nitrogens with one attached hydrogen (secondary N) is 3. The number of rotatable bonds is 10. The molecule has 1 saturated heterocycles. The van der Waals surface area contributed by atoms with Gasteiger partial charge in [0.1, 0.15) is 17.8 Å². The molecule has 1 unspecified atom stereocenters. The molecule has 0 bridgehead atoms. The number of likely N-dealkylation sites (N-methyl/N-ethyl adjacent to an activating group) is 1. The minimum absolute atomic E-state index is 0.0848. The summed E-state index contributed by atoms with van der Waals surface area (Å²) in [6, 6.07) is 14.3. The van der Waals surface area contributed by atoms with Gasteiger partial charge in [0.25, 0.3) is 0 Å². The van der Waals surface area contributed by atoms with E-state index < -0.39 is 18.1 Å². The summed E-state index contributed by atoms with van der Waals surface area (Å²) in [6.45, 7) is 7.68. The number of amides is 3. The smallest absolute Gasteiger partial charge is 0.246 e. The summed E-state index contributed by atoms with van der Waals surface area (Å²) in [5.41, 5.74) is 3.53. The fourth-order valence-electron chi connectivity index (χ4n) is 5.73. The van der Waals surface area contributed by atoms with E-state index in [2.05, 4.69) is 33.0 Å². The molecule has 4 atom stereocenters. The first-order valence-corrected chi connectivity index (χ1v) is 14.7. The number of methoxy groups -OCH3 is 1. The second kappa shape index (κ2) is 14.0. The molecule has 3 N–H and O–H groups in total. The van der Waals surface area contributed by atoms with E-state index in [9.17, 15) is 14.4 Å². The van der Waals surface area contributed by atoms with Crippen LogP contribution in [0.2, 0.25) is 0 Å². The highest BCUT2D eigenvalue weighted by atomic mass is 16.5. The third kappa shape index (κ3) is 7.45. The molecule has 1 fully saturated rings. The second-order valence-corrected chi connectivity index (χ2v) is 11.5. The van der Waals surface area contributed by atoms with Crippen LogP contribution in [0, 0.1) is 5.92 Å². The number of piperazine rings is 1. The highest BCUT2D eigenvalue weighted by molar-refractivity contribution is 5.93. The lowest BCUT2D eigenvalue weighted by atomic mass is 9.87. The largest absolute Gasteiger partial charge is 0.497 e. The third-order valence-electron chi connectivity index (χ3n) is 8.36. The maximum Gasteiger partial charge on any atom is 0.246 e. The van der Waals surface area contributed by atoms with Gasteiger partial charge in [-0.05, 0) is 68.0 Å². The van der Waals surface area contributed by atoms with Crippen molar-refractivity contribution in [3.8, 4) is 5.75 Å². The lowest BCUT2D eigenvalue weighted by Gasteiger charge is -2.43. The number of carbonyl (C=O) groups excluding carboxylic acids is 3. The van der Waals surface area contributed by atoms with Crippen LogP contribution in [-0.2, 0) is 27.3 Å². The van der Waals surface area contributed by atoms with Crippen molar-refractivity contribution in [2.45, 2.75) is 70.7 Å². The summed E-state index contributed by atoms with van der Waals surface area (Å²) in [5.74, 6) is 0.0460. The first-order valence-electron chi connectivity index (χ1n) is 14.7. The Kier molecular flexibility index (Phi) is 10.4. The van der Waals surface area contributed by atoms with Crippen molar-refractivity contribution in [3.05, 3.63) is 65.2 Å². The lowest BCUT2D eigenvalue weighted by Crippen LogP contribution is -2.64. The van der Waals surface area contributed by atoms with Crippen molar-refractivity contribution in [1.82, 2.24) is 25.8 Å². The van der Waals surface area contributed by atoms with E-state index in [1.807, 2.05) is 50.2 Å². The molecule has 1 aliphatic carbocycles. The van der Waals surface area contributed by atoms with Gasteiger partial charge in [0.05, 0.1) is 19.2 Å². The molecule has 1 aliphatic heterocycles. The molecule has 0 saturated carbocycles. The Morgan fingerprint density at radius 3 is 2.44 bits per heavy atom. The minimum Gasteiger partial charge on any atom is -0.497 e. The molecule has 0 spiro atoms. The zero-order chi connectivity index (χ0) is 29.5. The average Bonchev–Trinajstić information content (AvgIpc) is 2.99. The van der Waals surface area contributed by atoms with Crippen LogP contribution in [0.25, 0.3) is 0 Å². The Morgan fingerprint density at radius 2 is 1.76 bits per heavy atom. The first kappa shape index (κ1) is 30.5. The quantitative estimate of drug-likeness (QED) is 0.411. The van der Waals surface area contributed by atoms with Gasteiger partial charge in [0.2, 0.25) is 17.7 Å². The predicted molar refractivity (Wildman–Crippen MR) is 159 cm³/mol. The number of carbonyl (C=O) groups is 3. The summed E-state index contributed by atoms with van der Waals surface area (Å²) >= 11 is 0. The number of nitrogens with zero attached hydrogens (tertiary/aromatic N) is 2. The van der Waals surface area contributed by atoms with Crippen molar-refractivity contribution in [1.29, 1.82) is 0 Å². The molecule has 2 aromatic carbocycles. The van der Waals surface area contributed by atoms with Crippen molar-refractivity contribution in [2.24, 2.45) is 5.92 Å². The third-order valence-corrected chi connectivity index (χ3v) is 8.36. The van der Waals surface area contributed by atoms with Crippen LogP contribution < -0.4 is 20.7 Å². The van der Waals surface area contributed by atoms with Crippen molar-refractivity contribution in [2.75, 3.05) is 33.8 Å². The van der Waals surface area contributed by atoms with Crippen LogP contribution >= 0.6 is 0 Å². The normalized spacial score (nSPS) is 20.6. The Hall–Kier alpha value is -3.43. The highest BCUT2D eigenvalue weighted by Crippen LogP contribution is 2.30. The van der Waals surface area contributed by atoms with E-state index >= 15 is 0 Å². The van der Waals surface area contributed by atoms with Crippen LogP contribution in [0.3, 0.4) is 0 Å². The van der Waals surface area contributed by atoms with Crippen LogP contribution in [0.5, 0.6) is 5.75 Å². The molecular formula is C32H45N5O4. The van der Waals surface area contributed by atoms with Crippen LogP contribution in [0.1, 0.15) is 56.3 Å². The van der Waals surface area contributed by atoms with Gasteiger partial charge in [-0.25, -0.2) is 0 Å². The van der Waals surface area contributed by atoms with Crippen molar-refractivity contribution in [3.63, 3.8) is 0 Å². The van der Waals surface area contributed by atoms with E-state index in [0.29, 0.717) is 26.2 Å². The van der Waals surface area contributed by atoms with Gasteiger partial charge in [-0.1, -0.05) is 50.2 Å². The second-order valence-electron chi connectivity index (χ2n) is 11.5. The maximum atomic E-state index is 14.0. The fourth-order valence-corrected chi connectivity index (χ4v) is 5.73. The Balaban J connectivity index is 1.56. The first-order chi connectivity index (χ1) is 19.7. The van der Waals surface area contributed by atoms with E-state index in [4.69, 9.17) is 4.74 Å².